The van der Waals surface area contributed by atoms with Crippen molar-refractivity contribution in [2.45, 2.75) is 19.4 Å². The summed E-state index contributed by atoms with van der Waals surface area (Å²) in [5.41, 5.74) is 2.15. The first-order chi connectivity index (χ1) is 7.77. The number of rotatable bonds is 3. The van der Waals surface area contributed by atoms with Crippen molar-refractivity contribution >= 4 is 17.3 Å². The lowest BCUT2D eigenvalue weighted by Crippen LogP contribution is -2.30. The molecular formula is C12H16ClNO2. The van der Waals surface area contributed by atoms with Crippen LogP contribution in [0.4, 0.5) is 5.69 Å². The molecule has 1 unspecified atom stereocenters. The lowest BCUT2D eigenvalue weighted by Gasteiger charge is -2.24. The fourth-order valence-electron chi connectivity index (χ4n) is 1.73. The highest BCUT2D eigenvalue weighted by atomic mass is 35.5. The minimum absolute atomic E-state index is 0.212. The summed E-state index contributed by atoms with van der Waals surface area (Å²) in [6.45, 7) is 3.98. The van der Waals surface area contributed by atoms with E-state index in [9.17, 15) is 0 Å². The first-order valence-corrected chi connectivity index (χ1v) is 5.83. The van der Waals surface area contributed by atoms with Gasteiger partial charge in [-0.05, 0) is 25.0 Å². The first-order valence-electron chi connectivity index (χ1n) is 5.45. The maximum Gasteiger partial charge on any atom is 0.147 e. The van der Waals surface area contributed by atoms with Gasteiger partial charge in [0, 0.05) is 6.54 Å². The molecule has 0 saturated carbocycles. The number of benzene rings is 1. The Kier molecular flexibility index (Phi) is 4.04. The van der Waals surface area contributed by atoms with Gasteiger partial charge in [0.05, 0.1) is 23.4 Å². The summed E-state index contributed by atoms with van der Waals surface area (Å²) in [7, 11) is 0. The second-order valence-electron chi connectivity index (χ2n) is 3.92. The molecule has 88 valence electrons. The molecule has 0 aromatic heterocycles. The molecule has 1 aliphatic heterocycles. The molecule has 0 spiro atoms. The van der Waals surface area contributed by atoms with Gasteiger partial charge in [0.2, 0.25) is 0 Å². The van der Waals surface area contributed by atoms with Gasteiger partial charge in [-0.3, -0.25) is 0 Å². The third-order valence-electron chi connectivity index (χ3n) is 2.70. The van der Waals surface area contributed by atoms with Crippen molar-refractivity contribution in [1.29, 1.82) is 0 Å². The molecule has 0 radical (unpaired) electrons. The zero-order valence-electron chi connectivity index (χ0n) is 9.33. The van der Waals surface area contributed by atoms with Crippen molar-refractivity contribution in [3.8, 4) is 0 Å². The SMILES string of the molecule is Cc1cccc(Cl)c1NCC1CCOCO1. The summed E-state index contributed by atoms with van der Waals surface area (Å²) < 4.78 is 10.6. The molecule has 1 aromatic rings. The zero-order valence-corrected chi connectivity index (χ0v) is 10.1. The second kappa shape index (κ2) is 5.53. The molecule has 3 nitrogen and oxygen atoms in total. The Hall–Kier alpha value is -0.770. The lowest BCUT2D eigenvalue weighted by molar-refractivity contribution is -0.133. The van der Waals surface area contributed by atoms with Crippen molar-refractivity contribution in [3.63, 3.8) is 0 Å². The maximum atomic E-state index is 6.12. The van der Waals surface area contributed by atoms with Gasteiger partial charge in [-0.25, -0.2) is 0 Å². The molecule has 16 heavy (non-hydrogen) atoms. The average molecular weight is 242 g/mol. The van der Waals surface area contributed by atoms with E-state index in [0.717, 1.165) is 35.8 Å². The van der Waals surface area contributed by atoms with Gasteiger partial charge < -0.3 is 14.8 Å². The highest BCUT2D eigenvalue weighted by molar-refractivity contribution is 6.33. The predicted octanol–water partition coefficient (Wildman–Crippen LogP) is 2.82. The molecule has 1 aliphatic rings. The van der Waals surface area contributed by atoms with Crippen molar-refractivity contribution in [1.82, 2.24) is 0 Å². The standard InChI is InChI=1S/C12H16ClNO2/c1-9-3-2-4-11(13)12(9)14-7-10-5-6-15-8-16-10/h2-4,10,14H,5-8H2,1H3. The largest absolute Gasteiger partial charge is 0.381 e. The predicted molar refractivity (Wildman–Crippen MR) is 65.0 cm³/mol. The summed E-state index contributed by atoms with van der Waals surface area (Å²) >= 11 is 6.12. The van der Waals surface area contributed by atoms with Crippen LogP contribution in [-0.4, -0.2) is 26.0 Å². The minimum atomic E-state index is 0.212. The molecule has 2 rings (SSSR count). The molecule has 1 saturated heterocycles. The van der Waals surface area contributed by atoms with Crippen LogP contribution in [0.2, 0.25) is 5.02 Å². The number of para-hydroxylation sites is 1. The van der Waals surface area contributed by atoms with Gasteiger partial charge in [0.15, 0.2) is 0 Å². The summed E-state index contributed by atoms with van der Waals surface area (Å²) in [6.07, 6.45) is 1.14. The number of hydrogen-bond donors (Lipinski definition) is 1. The fourth-order valence-corrected chi connectivity index (χ4v) is 2.02. The molecule has 0 amide bonds. The summed E-state index contributed by atoms with van der Waals surface area (Å²) in [6, 6.07) is 5.88. The third kappa shape index (κ3) is 2.88. The third-order valence-corrected chi connectivity index (χ3v) is 3.01. The molecule has 1 atom stereocenters. The van der Waals surface area contributed by atoms with Crippen LogP contribution in [0.15, 0.2) is 18.2 Å². The smallest absolute Gasteiger partial charge is 0.147 e. The highest BCUT2D eigenvalue weighted by Gasteiger charge is 2.14. The molecule has 1 aromatic carbocycles. The summed E-state index contributed by atoms with van der Waals surface area (Å²) in [5.74, 6) is 0. The van der Waals surface area contributed by atoms with Gasteiger partial charge in [-0.15, -0.1) is 0 Å². The number of halogens is 1. The van der Waals surface area contributed by atoms with Crippen molar-refractivity contribution < 1.29 is 9.47 Å². The van der Waals surface area contributed by atoms with E-state index in [1.54, 1.807) is 0 Å². The first kappa shape index (κ1) is 11.7. The van der Waals surface area contributed by atoms with Crippen molar-refractivity contribution in [2.75, 3.05) is 25.3 Å². The molecule has 1 N–H and O–H groups in total. The van der Waals surface area contributed by atoms with Crippen LogP contribution >= 0.6 is 11.6 Å². The molecule has 4 heteroatoms. The Morgan fingerprint density at radius 3 is 3.06 bits per heavy atom. The van der Waals surface area contributed by atoms with E-state index in [-0.39, 0.29) is 6.10 Å². The number of hydrogen-bond acceptors (Lipinski definition) is 3. The van der Waals surface area contributed by atoms with E-state index in [1.807, 2.05) is 25.1 Å². The van der Waals surface area contributed by atoms with Crippen LogP contribution in [0.1, 0.15) is 12.0 Å². The van der Waals surface area contributed by atoms with Gasteiger partial charge in [-0.1, -0.05) is 23.7 Å². The van der Waals surface area contributed by atoms with E-state index >= 15 is 0 Å². The lowest BCUT2D eigenvalue weighted by atomic mass is 10.2. The summed E-state index contributed by atoms with van der Waals surface area (Å²) in [4.78, 5) is 0. The Bertz CT molecular complexity index is 331. The van der Waals surface area contributed by atoms with Crippen LogP contribution < -0.4 is 5.32 Å². The number of aryl methyl sites for hydroxylation is 1. The number of ether oxygens (including phenoxy) is 2. The van der Waals surface area contributed by atoms with Gasteiger partial charge in [0.25, 0.3) is 0 Å². The topological polar surface area (TPSA) is 30.5 Å². The van der Waals surface area contributed by atoms with Crippen LogP contribution in [-0.2, 0) is 9.47 Å². The summed E-state index contributed by atoms with van der Waals surface area (Å²) in [5, 5.41) is 4.09. The van der Waals surface area contributed by atoms with E-state index in [2.05, 4.69) is 5.32 Å². The fraction of sp³-hybridized carbons (Fsp3) is 0.500. The van der Waals surface area contributed by atoms with Gasteiger partial charge in [0.1, 0.15) is 6.79 Å². The Balaban J connectivity index is 1.93. The van der Waals surface area contributed by atoms with Gasteiger partial charge >= 0.3 is 0 Å². The minimum Gasteiger partial charge on any atom is -0.381 e. The zero-order chi connectivity index (χ0) is 11.4. The molecule has 0 bridgehead atoms. The van der Waals surface area contributed by atoms with Crippen LogP contribution in [0, 0.1) is 6.92 Å². The quantitative estimate of drug-likeness (QED) is 0.883. The van der Waals surface area contributed by atoms with Crippen molar-refractivity contribution in [3.05, 3.63) is 28.8 Å². The molecule has 1 heterocycles. The normalized spacial score (nSPS) is 20.8. The molecule has 1 fully saturated rings. The van der Waals surface area contributed by atoms with Crippen LogP contribution in [0.5, 0.6) is 0 Å². The Labute approximate surface area is 101 Å². The Morgan fingerprint density at radius 1 is 1.50 bits per heavy atom. The van der Waals surface area contributed by atoms with Crippen molar-refractivity contribution in [2.24, 2.45) is 0 Å². The number of nitrogens with one attached hydrogen (secondary N) is 1. The molecular weight excluding hydrogens is 226 g/mol. The second-order valence-corrected chi connectivity index (χ2v) is 4.32. The van der Waals surface area contributed by atoms with E-state index in [1.165, 1.54) is 0 Å². The van der Waals surface area contributed by atoms with E-state index in [4.69, 9.17) is 21.1 Å². The highest BCUT2D eigenvalue weighted by Crippen LogP contribution is 2.25. The van der Waals surface area contributed by atoms with Gasteiger partial charge in [-0.2, -0.15) is 0 Å². The van der Waals surface area contributed by atoms with Crippen LogP contribution in [0.25, 0.3) is 0 Å². The van der Waals surface area contributed by atoms with Crippen LogP contribution in [0.3, 0.4) is 0 Å². The Morgan fingerprint density at radius 2 is 2.38 bits per heavy atom. The van der Waals surface area contributed by atoms with E-state index < -0.39 is 0 Å². The monoisotopic (exact) mass is 241 g/mol. The number of anilines is 1. The maximum absolute atomic E-state index is 6.12. The average Bonchev–Trinajstić information content (AvgIpc) is 2.30. The molecule has 0 aliphatic carbocycles. The van der Waals surface area contributed by atoms with E-state index in [0.29, 0.717) is 6.79 Å².